The molecule has 8 nitrogen and oxygen atoms in total. The van der Waals surface area contributed by atoms with E-state index < -0.39 is 0 Å². The predicted octanol–water partition coefficient (Wildman–Crippen LogP) is 0.277. The van der Waals surface area contributed by atoms with Crippen molar-refractivity contribution in [2.75, 3.05) is 46.3 Å². The quantitative estimate of drug-likeness (QED) is 0.745. The van der Waals surface area contributed by atoms with E-state index in [1.807, 2.05) is 4.90 Å². The van der Waals surface area contributed by atoms with Crippen LogP contribution in [-0.4, -0.2) is 99.4 Å². The Morgan fingerprint density at radius 1 is 1.14 bits per heavy atom. The number of hydrogen-bond acceptors (Lipinski definition) is 6. The third kappa shape index (κ3) is 2.90. The number of rotatable bonds is 3. The number of hydrogen-bond donors (Lipinski definition) is 0. The van der Waals surface area contributed by atoms with E-state index >= 15 is 0 Å². The lowest BCUT2D eigenvalue weighted by atomic mass is 9.93. The zero-order chi connectivity index (χ0) is 19.3. The smallest absolute Gasteiger partial charge is 0.256 e. The van der Waals surface area contributed by atoms with Crippen LogP contribution in [0.2, 0.25) is 0 Å². The molecule has 1 aromatic heterocycles. The van der Waals surface area contributed by atoms with Crippen molar-refractivity contribution in [3.8, 4) is 0 Å². The van der Waals surface area contributed by atoms with Crippen LogP contribution >= 0.6 is 0 Å². The van der Waals surface area contributed by atoms with Crippen LogP contribution in [0, 0.1) is 5.92 Å². The summed E-state index contributed by atoms with van der Waals surface area (Å²) in [5.41, 5.74) is 0.323. The molecule has 4 heterocycles. The third-order valence-corrected chi connectivity index (χ3v) is 6.97. The van der Waals surface area contributed by atoms with Gasteiger partial charge < -0.3 is 14.7 Å². The topological polar surface area (TPSA) is 72.9 Å². The van der Waals surface area contributed by atoms with Crippen LogP contribution < -0.4 is 0 Å². The summed E-state index contributed by atoms with van der Waals surface area (Å²) in [7, 11) is 2.10. The maximum atomic E-state index is 13.3. The fraction of sp³-hybridized carbons (Fsp3) is 0.700. The molecular formula is C20H28N6O2. The Bertz CT molecular complexity index is 759. The van der Waals surface area contributed by atoms with Crippen LogP contribution in [0.3, 0.4) is 0 Å². The molecule has 8 heteroatoms. The van der Waals surface area contributed by atoms with Crippen molar-refractivity contribution >= 4 is 11.8 Å². The minimum Gasteiger partial charge on any atom is -0.338 e. The van der Waals surface area contributed by atoms with Crippen LogP contribution in [0.5, 0.6) is 0 Å². The molecule has 1 aromatic rings. The predicted molar refractivity (Wildman–Crippen MR) is 102 cm³/mol. The van der Waals surface area contributed by atoms with E-state index in [2.05, 4.69) is 31.7 Å². The van der Waals surface area contributed by atoms with E-state index in [4.69, 9.17) is 0 Å². The van der Waals surface area contributed by atoms with Crippen molar-refractivity contribution in [2.24, 2.45) is 5.92 Å². The van der Waals surface area contributed by atoms with Crippen LogP contribution in [-0.2, 0) is 4.79 Å². The molecule has 4 fully saturated rings. The van der Waals surface area contributed by atoms with E-state index in [0.29, 0.717) is 30.5 Å². The van der Waals surface area contributed by atoms with Crippen LogP contribution in [0.1, 0.15) is 36.0 Å². The molecule has 0 N–H and O–H groups in total. The molecule has 3 saturated heterocycles. The Balaban J connectivity index is 1.37. The van der Waals surface area contributed by atoms with Crippen LogP contribution in [0.4, 0.5) is 0 Å². The second kappa shape index (κ2) is 6.77. The van der Waals surface area contributed by atoms with Gasteiger partial charge in [-0.3, -0.25) is 14.5 Å². The number of piperazine rings is 1. The number of piperidine rings is 1. The zero-order valence-electron chi connectivity index (χ0n) is 16.5. The lowest BCUT2D eigenvalue weighted by molar-refractivity contribution is -0.134. The first-order valence-corrected chi connectivity index (χ1v) is 10.4. The third-order valence-electron chi connectivity index (χ3n) is 6.97. The lowest BCUT2D eigenvalue weighted by Crippen LogP contribution is -2.63. The maximum Gasteiger partial charge on any atom is 0.256 e. The molecule has 1 aliphatic carbocycles. The van der Waals surface area contributed by atoms with E-state index in [-0.39, 0.29) is 17.6 Å². The number of nitrogens with zero attached hydrogens (tertiary/aromatic N) is 6. The summed E-state index contributed by atoms with van der Waals surface area (Å²) in [6.45, 7) is 4.95. The normalized spacial score (nSPS) is 28.0. The Morgan fingerprint density at radius 3 is 2.54 bits per heavy atom. The summed E-state index contributed by atoms with van der Waals surface area (Å²) in [4.78, 5) is 42.9. The van der Waals surface area contributed by atoms with Gasteiger partial charge in [0, 0.05) is 64.5 Å². The van der Waals surface area contributed by atoms with Gasteiger partial charge in [0.2, 0.25) is 5.91 Å². The van der Waals surface area contributed by atoms with Gasteiger partial charge in [-0.15, -0.1) is 0 Å². The largest absolute Gasteiger partial charge is 0.338 e. The SMILES string of the molecule is CN1CCN2[C@H](C1)C(=O)N(CC1CC1)C21CCN(C(=O)c2cncnc2)CC1. The summed E-state index contributed by atoms with van der Waals surface area (Å²) in [6, 6.07) is -0.0257. The van der Waals surface area contributed by atoms with Crippen molar-refractivity contribution in [3.63, 3.8) is 0 Å². The van der Waals surface area contributed by atoms with Gasteiger partial charge in [0.05, 0.1) is 5.56 Å². The minimum atomic E-state index is -0.213. The molecule has 4 aliphatic rings. The summed E-state index contributed by atoms with van der Waals surface area (Å²) < 4.78 is 0. The molecule has 150 valence electrons. The van der Waals surface area contributed by atoms with Crippen molar-refractivity contribution in [1.82, 2.24) is 29.6 Å². The molecule has 2 amide bonds. The Hall–Kier alpha value is -2.06. The Labute approximate surface area is 165 Å². The molecule has 1 atom stereocenters. The average molecular weight is 384 g/mol. The van der Waals surface area contributed by atoms with Gasteiger partial charge in [-0.1, -0.05) is 0 Å². The van der Waals surface area contributed by atoms with Crippen molar-refractivity contribution in [2.45, 2.75) is 37.4 Å². The van der Waals surface area contributed by atoms with E-state index in [9.17, 15) is 9.59 Å². The van der Waals surface area contributed by atoms with Crippen molar-refractivity contribution in [1.29, 1.82) is 0 Å². The van der Waals surface area contributed by atoms with Crippen molar-refractivity contribution in [3.05, 3.63) is 24.3 Å². The molecule has 5 rings (SSSR count). The Kier molecular flexibility index (Phi) is 4.35. The molecule has 1 saturated carbocycles. The summed E-state index contributed by atoms with van der Waals surface area (Å²) >= 11 is 0. The fourth-order valence-corrected chi connectivity index (χ4v) is 5.20. The second-order valence-corrected chi connectivity index (χ2v) is 8.77. The summed E-state index contributed by atoms with van der Waals surface area (Å²) in [6.07, 6.45) is 8.72. The number of aromatic nitrogens is 2. The molecular weight excluding hydrogens is 356 g/mol. The first kappa shape index (κ1) is 18.0. The average Bonchev–Trinajstić information content (AvgIpc) is 3.53. The van der Waals surface area contributed by atoms with E-state index in [1.165, 1.54) is 19.2 Å². The fourth-order valence-electron chi connectivity index (χ4n) is 5.20. The van der Waals surface area contributed by atoms with Crippen LogP contribution in [0.15, 0.2) is 18.7 Å². The summed E-state index contributed by atoms with van der Waals surface area (Å²) in [5, 5.41) is 0. The molecule has 0 radical (unpaired) electrons. The molecule has 0 aromatic carbocycles. The molecule has 28 heavy (non-hydrogen) atoms. The number of fused-ring (bicyclic) bond motifs is 2. The highest BCUT2D eigenvalue weighted by Gasteiger charge is 2.59. The highest BCUT2D eigenvalue weighted by atomic mass is 16.2. The molecule has 0 bridgehead atoms. The van der Waals surface area contributed by atoms with Gasteiger partial charge in [-0.05, 0) is 25.8 Å². The second-order valence-electron chi connectivity index (χ2n) is 8.77. The molecule has 0 unspecified atom stereocenters. The lowest BCUT2D eigenvalue weighted by Gasteiger charge is -2.50. The van der Waals surface area contributed by atoms with Gasteiger partial charge in [-0.25, -0.2) is 9.97 Å². The van der Waals surface area contributed by atoms with Gasteiger partial charge >= 0.3 is 0 Å². The minimum absolute atomic E-state index is 0.0107. The van der Waals surface area contributed by atoms with E-state index in [0.717, 1.165) is 39.0 Å². The number of carbonyl (C=O) groups is 2. The zero-order valence-corrected chi connectivity index (χ0v) is 16.5. The van der Waals surface area contributed by atoms with E-state index in [1.54, 1.807) is 12.4 Å². The molecule has 1 spiro atoms. The standard InChI is InChI=1S/C20H28N6O2/c1-23-8-9-25-17(13-23)19(28)26(12-15-2-3-15)20(25)4-6-24(7-5-20)18(27)16-10-21-14-22-11-16/h10-11,14-15,17H,2-9,12-13H2,1H3/t17-/m1/s1. The van der Waals surface area contributed by atoms with Crippen molar-refractivity contribution < 1.29 is 9.59 Å². The van der Waals surface area contributed by atoms with Gasteiger partial charge in [-0.2, -0.15) is 0 Å². The first-order chi connectivity index (χ1) is 13.6. The van der Waals surface area contributed by atoms with Gasteiger partial charge in [0.1, 0.15) is 18.0 Å². The maximum absolute atomic E-state index is 13.3. The number of likely N-dealkylation sites (tertiary alicyclic amines) is 1. The number of amides is 2. The summed E-state index contributed by atoms with van der Waals surface area (Å²) in [5.74, 6) is 0.958. The van der Waals surface area contributed by atoms with Gasteiger partial charge in [0.15, 0.2) is 0 Å². The monoisotopic (exact) mass is 384 g/mol. The highest BCUT2D eigenvalue weighted by Crippen LogP contribution is 2.44. The van der Waals surface area contributed by atoms with Gasteiger partial charge in [0.25, 0.3) is 5.91 Å². The van der Waals surface area contributed by atoms with Crippen LogP contribution in [0.25, 0.3) is 0 Å². The Morgan fingerprint density at radius 2 is 1.86 bits per heavy atom. The number of carbonyl (C=O) groups excluding carboxylic acids is 2. The molecule has 3 aliphatic heterocycles. The first-order valence-electron chi connectivity index (χ1n) is 10.4. The highest BCUT2D eigenvalue weighted by molar-refractivity contribution is 5.93. The number of likely N-dealkylation sites (N-methyl/N-ethyl adjacent to an activating group) is 1.